The minimum absolute atomic E-state index is 0.0251. The molecule has 3 rings (SSSR count). The van der Waals surface area contributed by atoms with Crippen LogP contribution in [0.25, 0.3) is 10.8 Å². The molecule has 0 radical (unpaired) electrons. The van der Waals surface area contributed by atoms with Gasteiger partial charge >= 0.3 is 0 Å². The summed E-state index contributed by atoms with van der Waals surface area (Å²) >= 11 is 1.13. The first-order chi connectivity index (χ1) is 12.6. The normalized spacial score (nSPS) is 10.5. The summed E-state index contributed by atoms with van der Waals surface area (Å²) in [6.45, 7) is 1.82. The summed E-state index contributed by atoms with van der Waals surface area (Å²) in [4.78, 5) is 31.0. The molecular weight excluding hydrogens is 348 g/mol. The van der Waals surface area contributed by atoms with Crippen molar-refractivity contribution in [2.75, 3.05) is 11.1 Å². The largest absolute Gasteiger partial charge is 0.325 e. The van der Waals surface area contributed by atoms with Crippen LogP contribution in [-0.2, 0) is 11.2 Å². The number of hydrogen-bond acceptors (Lipinski definition) is 5. The van der Waals surface area contributed by atoms with Crippen LogP contribution >= 0.6 is 11.8 Å². The van der Waals surface area contributed by atoms with Crippen LogP contribution in [0, 0.1) is 11.3 Å². The maximum absolute atomic E-state index is 12.3. The van der Waals surface area contributed by atoms with Gasteiger partial charge in [0.25, 0.3) is 5.56 Å². The number of nitrogens with zero attached hydrogens (tertiary/aromatic N) is 2. The van der Waals surface area contributed by atoms with Crippen LogP contribution < -0.4 is 10.9 Å². The maximum Gasteiger partial charge on any atom is 0.269 e. The van der Waals surface area contributed by atoms with Gasteiger partial charge in [0.15, 0.2) is 5.16 Å². The Morgan fingerprint density at radius 2 is 2.04 bits per heavy atom. The average Bonchev–Trinajstić information content (AvgIpc) is 2.66. The lowest BCUT2D eigenvalue weighted by atomic mass is 10.1. The molecule has 0 atom stereocenters. The highest BCUT2D eigenvalue weighted by atomic mass is 32.2. The zero-order valence-electron chi connectivity index (χ0n) is 14.1. The van der Waals surface area contributed by atoms with E-state index in [1.807, 2.05) is 55.5 Å². The van der Waals surface area contributed by atoms with E-state index in [-0.39, 0.29) is 17.2 Å². The first-order valence-corrected chi connectivity index (χ1v) is 9.04. The van der Waals surface area contributed by atoms with E-state index in [0.29, 0.717) is 17.3 Å². The van der Waals surface area contributed by atoms with E-state index >= 15 is 0 Å². The van der Waals surface area contributed by atoms with Gasteiger partial charge in [0.2, 0.25) is 5.91 Å². The van der Waals surface area contributed by atoms with Gasteiger partial charge in [-0.05, 0) is 17.9 Å². The van der Waals surface area contributed by atoms with Crippen LogP contribution in [0.3, 0.4) is 0 Å². The topological polar surface area (TPSA) is 98.6 Å². The van der Waals surface area contributed by atoms with Crippen LogP contribution in [0.15, 0.2) is 52.4 Å². The average molecular weight is 364 g/mol. The lowest BCUT2D eigenvalue weighted by Crippen LogP contribution is -2.18. The number of H-pyrrole nitrogens is 1. The number of hydrogen-bond donors (Lipinski definition) is 2. The van der Waals surface area contributed by atoms with Crippen LogP contribution in [0.2, 0.25) is 0 Å². The molecule has 0 aliphatic carbocycles. The van der Waals surface area contributed by atoms with E-state index < -0.39 is 5.56 Å². The number of nitriles is 1. The predicted octanol–water partition coefficient (Wildman–Crippen LogP) is 3.09. The fourth-order valence-electron chi connectivity index (χ4n) is 2.59. The van der Waals surface area contributed by atoms with Gasteiger partial charge in [0, 0.05) is 11.1 Å². The summed E-state index contributed by atoms with van der Waals surface area (Å²) in [7, 11) is 0. The molecule has 0 spiro atoms. The second-order valence-electron chi connectivity index (χ2n) is 5.52. The van der Waals surface area contributed by atoms with Crippen molar-refractivity contribution in [2.24, 2.45) is 0 Å². The molecular formula is C19H16N4O2S. The highest BCUT2D eigenvalue weighted by Crippen LogP contribution is 2.23. The summed E-state index contributed by atoms with van der Waals surface area (Å²) < 4.78 is 0. The van der Waals surface area contributed by atoms with Gasteiger partial charge in [-0.25, -0.2) is 4.98 Å². The van der Waals surface area contributed by atoms with Crippen molar-refractivity contribution in [3.8, 4) is 6.07 Å². The molecule has 2 N–H and O–H groups in total. The third kappa shape index (κ3) is 3.76. The summed E-state index contributed by atoms with van der Waals surface area (Å²) in [5.41, 5.74) is 0.728. The van der Waals surface area contributed by atoms with E-state index in [0.717, 1.165) is 28.2 Å². The minimum Gasteiger partial charge on any atom is -0.325 e. The number of thioether (sulfide) groups is 1. The fourth-order valence-corrected chi connectivity index (χ4v) is 3.27. The van der Waals surface area contributed by atoms with Crippen molar-refractivity contribution in [1.82, 2.24) is 9.97 Å². The molecule has 0 fully saturated rings. The second-order valence-corrected chi connectivity index (χ2v) is 6.49. The van der Waals surface area contributed by atoms with Crippen LogP contribution in [0.4, 0.5) is 5.69 Å². The van der Waals surface area contributed by atoms with E-state index in [9.17, 15) is 9.59 Å². The third-order valence-corrected chi connectivity index (χ3v) is 4.70. The number of nitrogens with one attached hydrogen (secondary N) is 2. The summed E-state index contributed by atoms with van der Waals surface area (Å²) in [5, 5.41) is 14.2. The standard InChI is InChI=1S/C19H16N4O2S/c1-2-15-14(10-20)18(25)23-19(22-15)26-11-17(24)21-16-9-5-7-12-6-3-4-8-13(12)16/h3-9H,2,11H2,1H3,(H,21,24)(H,22,23,25). The Balaban J connectivity index is 1.72. The van der Waals surface area contributed by atoms with Crippen molar-refractivity contribution in [3.63, 3.8) is 0 Å². The Labute approximate surface area is 154 Å². The molecule has 1 aromatic heterocycles. The minimum atomic E-state index is -0.476. The third-order valence-electron chi connectivity index (χ3n) is 3.82. The van der Waals surface area contributed by atoms with Gasteiger partial charge in [-0.2, -0.15) is 5.26 Å². The van der Waals surface area contributed by atoms with Crippen molar-refractivity contribution in [3.05, 3.63) is 64.1 Å². The lowest BCUT2D eigenvalue weighted by Gasteiger charge is -2.09. The van der Waals surface area contributed by atoms with Crippen molar-refractivity contribution in [2.45, 2.75) is 18.5 Å². The zero-order chi connectivity index (χ0) is 18.5. The Morgan fingerprint density at radius 3 is 2.81 bits per heavy atom. The molecule has 1 amide bonds. The molecule has 0 saturated heterocycles. The second kappa shape index (κ2) is 7.85. The summed E-state index contributed by atoms with van der Waals surface area (Å²) in [6.07, 6.45) is 0.475. The first kappa shape index (κ1) is 17.7. The van der Waals surface area contributed by atoms with Crippen LogP contribution in [-0.4, -0.2) is 21.6 Å². The monoisotopic (exact) mass is 364 g/mol. The SMILES string of the molecule is CCc1nc(SCC(=O)Nc2cccc3ccccc23)[nH]c(=O)c1C#N. The highest BCUT2D eigenvalue weighted by Gasteiger charge is 2.12. The molecule has 130 valence electrons. The van der Waals surface area contributed by atoms with Crippen molar-refractivity contribution in [1.29, 1.82) is 5.26 Å². The van der Waals surface area contributed by atoms with Crippen molar-refractivity contribution < 1.29 is 4.79 Å². The van der Waals surface area contributed by atoms with Gasteiger partial charge in [-0.3, -0.25) is 9.59 Å². The number of fused-ring (bicyclic) bond motifs is 1. The Bertz CT molecular complexity index is 1060. The zero-order valence-corrected chi connectivity index (χ0v) is 14.9. The highest BCUT2D eigenvalue weighted by molar-refractivity contribution is 7.99. The number of aromatic nitrogens is 2. The quantitative estimate of drug-likeness (QED) is 0.535. The van der Waals surface area contributed by atoms with Crippen LogP contribution in [0.1, 0.15) is 18.2 Å². The maximum atomic E-state index is 12.3. The number of anilines is 1. The number of rotatable bonds is 5. The number of amides is 1. The molecule has 0 aliphatic heterocycles. The number of aryl methyl sites for hydroxylation is 1. The van der Waals surface area contributed by atoms with Gasteiger partial charge in [-0.1, -0.05) is 55.1 Å². The molecule has 0 saturated carbocycles. The smallest absolute Gasteiger partial charge is 0.269 e. The van der Waals surface area contributed by atoms with E-state index in [4.69, 9.17) is 5.26 Å². The van der Waals surface area contributed by atoms with Gasteiger partial charge in [0.1, 0.15) is 11.6 Å². The molecule has 1 heterocycles. The molecule has 7 heteroatoms. The first-order valence-electron chi connectivity index (χ1n) is 8.06. The van der Waals surface area contributed by atoms with Crippen LogP contribution in [0.5, 0.6) is 0 Å². The Kier molecular flexibility index (Phi) is 5.34. The molecule has 6 nitrogen and oxygen atoms in total. The number of carbonyl (C=O) groups is 1. The Morgan fingerprint density at radius 1 is 1.27 bits per heavy atom. The summed E-state index contributed by atoms with van der Waals surface area (Å²) in [6, 6.07) is 15.4. The Hall–Kier alpha value is -3.11. The predicted molar refractivity (Wildman–Crippen MR) is 102 cm³/mol. The number of benzene rings is 2. The molecule has 0 aliphatic rings. The van der Waals surface area contributed by atoms with E-state index in [1.54, 1.807) is 0 Å². The lowest BCUT2D eigenvalue weighted by molar-refractivity contribution is -0.113. The van der Waals surface area contributed by atoms with E-state index in [1.165, 1.54) is 0 Å². The molecule has 0 unspecified atom stereocenters. The summed E-state index contributed by atoms with van der Waals surface area (Å²) in [5.74, 6) is -0.0993. The van der Waals surface area contributed by atoms with E-state index in [2.05, 4.69) is 15.3 Å². The number of aromatic amines is 1. The van der Waals surface area contributed by atoms with Gasteiger partial charge in [-0.15, -0.1) is 0 Å². The van der Waals surface area contributed by atoms with Gasteiger partial charge in [0.05, 0.1) is 11.4 Å². The molecule has 3 aromatic rings. The fraction of sp³-hybridized carbons (Fsp3) is 0.158. The van der Waals surface area contributed by atoms with Crippen molar-refractivity contribution >= 4 is 34.1 Å². The molecule has 2 aromatic carbocycles. The molecule has 26 heavy (non-hydrogen) atoms. The molecule has 0 bridgehead atoms. The number of carbonyl (C=O) groups excluding carboxylic acids is 1. The van der Waals surface area contributed by atoms with Gasteiger partial charge < -0.3 is 10.3 Å².